The number of carbonyl (C=O) groups is 3. The highest BCUT2D eigenvalue weighted by Crippen LogP contribution is 2.19. The van der Waals surface area contributed by atoms with Crippen molar-refractivity contribution in [3.63, 3.8) is 0 Å². The maximum absolute atomic E-state index is 12.9. The third-order valence-electron chi connectivity index (χ3n) is 14.5. The van der Waals surface area contributed by atoms with Gasteiger partial charge in [0.1, 0.15) is 13.2 Å². The van der Waals surface area contributed by atoms with Gasteiger partial charge in [-0.2, -0.15) is 0 Å². The predicted molar refractivity (Wildman–Crippen MR) is 293 cm³/mol. The molecule has 0 rings (SSSR count). The SMILES string of the molecule is CCC(C)CCCCCCCCCCCCC(=O)OC[C@H](COC(=O)CCCCCCCCCCCCCCC(C)C)OC(=O)CCCCCCCCCCCCCCCCCCCCC(C)C. The van der Waals surface area contributed by atoms with Crippen LogP contribution in [0.2, 0.25) is 0 Å². The van der Waals surface area contributed by atoms with Crippen molar-refractivity contribution in [2.24, 2.45) is 17.8 Å². The summed E-state index contributed by atoms with van der Waals surface area (Å²) >= 11 is 0. The first-order valence-electron chi connectivity index (χ1n) is 30.6. The fourth-order valence-electron chi connectivity index (χ4n) is 9.50. The lowest BCUT2D eigenvalue weighted by molar-refractivity contribution is -0.167. The summed E-state index contributed by atoms with van der Waals surface area (Å²) in [7, 11) is 0. The molecule has 404 valence electrons. The summed E-state index contributed by atoms with van der Waals surface area (Å²) in [4.78, 5) is 38.2. The third kappa shape index (κ3) is 53.8. The number of hydrogen-bond acceptors (Lipinski definition) is 6. The van der Waals surface area contributed by atoms with Gasteiger partial charge in [-0.3, -0.25) is 14.4 Å². The number of rotatable bonds is 55. The predicted octanol–water partition coefficient (Wildman–Crippen LogP) is 20.3. The van der Waals surface area contributed by atoms with Crippen LogP contribution < -0.4 is 0 Å². The smallest absolute Gasteiger partial charge is 0.306 e. The van der Waals surface area contributed by atoms with Crippen molar-refractivity contribution in [3.8, 4) is 0 Å². The Morgan fingerprint density at radius 1 is 0.294 bits per heavy atom. The summed E-state index contributed by atoms with van der Waals surface area (Å²) < 4.78 is 16.9. The lowest BCUT2D eigenvalue weighted by Gasteiger charge is -2.18. The van der Waals surface area contributed by atoms with E-state index in [0.29, 0.717) is 19.3 Å². The number of unbranched alkanes of at least 4 members (excludes halogenated alkanes) is 37. The normalized spacial score (nSPS) is 12.5. The quantitative estimate of drug-likeness (QED) is 0.0343. The highest BCUT2D eigenvalue weighted by molar-refractivity contribution is 5.71. The third-order valence-corrected chi connectivity index (χ3v) is 14.5. The van der Waals surface area contributed by atoms with Gasteiger partial charge >= 0.3 is 17.9 Å². The standard InChI is InChI=1S/C62H120O6/c1-7-58(6)50-44-38-32-26-22-23-28-34-40-46-52-61(64)67-55-59(54-66-60(63)51-45-39-33-27-20-17-16-19-25-31-37-43-49-57(4)5)68-62(65)53-47-41-35-29-21-15-13-11-9-8-10-12-14-18-24-30-36-42-48-56(2)3/h56-59H,7-55H2,1-6H3/t58?,59-/m0/s1. The van der Waals surface area contributed by atoms with Gasteiger partial charge in [0.15, 0.2) is 6.10 Å². The van der Waals surface area contributed by atoms with Crippen LogP contribution in [0.1, 0.15) is 343 Å². The van der Waals surface area contributed by atoms with Crippen molar-refractivity contribution in [1.29, 1.82) is 0 Å². The molecular formula is C62H120O6. The molecule has 0 saturated heterocycles. The van der Waals surface area contributed by atoms with E-state index in [2.05, 4.69) is 41.5 Å². The molecule has 0 aromatic carbocycles. The number of ether oxygens (including phenoxy) is 3. The summed E-state index contributed by atoms with van der Waals surface area (Å²) in [6.07, 6.45) is 56.6. The molecule has 68 heavy (non-hydrogen) atoms. The van der Waals surface area contributed by atoms with Crippen LogP contribution in [0.3, 0.4) is 0 Å². The van der Waals surface area contributed by atoms with Gasteiger partial charge < -0.3 is 14.2 Å². The van der Waals surface area contributed by atoms with E-state index in [1.165, 1.54) is 225 Å². The Morgan fingerprint density at radius 3 is 0.765 bits per heavy atom. The van der Waals surface area contributed by atoms with Gasteiger partial charge in [0.25, 0.3) is 0 Å². The van der Waals surface area contributed by atoms with E-state index in [4.69, 9.17) is 14.2 Å². The number of hydrogen-bond donors (Lipinski definition) is 0. The fraction of sp³-hybridized carbons (Fsp3) is 0.952. The molecule has 6 heteroatoms. The minimum Gasteiger partial charge on any atom is -0.462 e. The maximum Gasteiger partial charge on any atom is 0.306 e. The Morgan fingerprint density at radius 2 is 0.515 bits per heavy atom. The molecule has 0 saturated carbocycles. The van der Waals surface area contributed by atoms with Crippen molar-refractivity contribution in [1.82, 2.24) is 0 Å². The highest BCUT2D eigenvalue weighted by Gasteiger charge is 2.19. The first-order valence-corrected chi connectivity index (χ1v) is 30.6. The van der Waals surface area contributed by atoms with Gasteiger partial charge in [0.05, 0.1) is 0 Å². The zero-order valence-corrected chi connectivity index (χ0v) is 46.9. The molecular weight excluding hydrogens is 841 g/mol. The lowest BCUT2D eigenvalue weighted by Crippen LogP contribution is -2.30. The molecule has 0 fully saturated rings. The van der Waals surface area contributed by atoms with Crippen LogP contribution in [0.4, 0.5) is 0 Å². The molecule has 0 aromatic heterocycles. The zero-order valence-electron chi connectivity index (χ0n) is 46.9. The van der Waals surface area contributed by atoms with E-state index in [9.17, 15) is 14.4 Å². The summed E-state index contributed by atoms with van der Waals surface area (Å²) in [6.45, 7) is 13.8. The first kappa shape index (κ1) is 66.4. The van der Waals surface area contributed by atoms with Gasteiger partial charge in [-0.25, -0.2) is 0 Å². The van der Waals surface area contributed by atoms with E-state index in [1.54, 1.807) is 0 Å². The van der Waals surface area contributed by atoms with Crippen molar-refractivity contribution < 1.29 is 28.6 Å². The molecule has 0 bridgehead atoms. The molecule has 2 atom stereocenters. The van der Waals surface area contributed by atoms with Crippen LogP contribution >= 0.6 is 0 Å². The van der Waals surface area contributed by atoms with E-state index in [-0.39, 0.29) is 31.1 Å². The van der Waals surface area contributed by atoms with E-state index in [0.717, 1.165) is 75.5 Å². The molecule has 0 radical (unpaired) electrons. The van der Waals surface area contributed by atoms with Crippen molar-refractivity contribution in [2.45, 2.75) is 349 Å². The van der Waals surface area contributed by atoms with Crippen LogP contribution in [0.15, 0.2) is 0 Å². The first-order chi connectivity index (χ1) is 33.1. The summed E-state index contributed by atoms with van der Waals surface area (Å²) in [5.74, 6) is 1.72. The summed E-state index contributed by atoms with van der Waals surface area (Å²) in [5.41, 5.74) is 0. The summed E-state index contributed by atoms with van der Waals surface area (Å²) in [6, 6.07) is 0. The minimum atomic E-state index is -0.764. The number of esters is 3. The van der Waals surface area contributed by atoms with Gasteiger partial charge in [-0.15, -0.1) is 0 Å². The Labute approximate surface area is 425 Å². The van der Waals surface area contributed by atoms with Gasteiger partial charge in [0.2, 0.25) is 0 Å². The monoisotopic (exact) mass is 961 g/mol. The Hall–Kier alpha value is -1.59. The van der Waals surface area contributed by atoms with Gasteiger partial charge in [0, 0.05) is 19.3 Å². The molecule has 0 aliphatic rings. The Bertz CT molecular complexity index is 1060. The second-order valence-corrected chi connectivity index (χ2v) is 22.5. The molecule has 0 aromatic rings. The van der Waals surface area contributed by atoms with Crippen LogP contribution in [0, 0.1) is 17.8 Å². The average Bonchev–Trinajstić information content (AvgIpc) is 3.31. The Kier molecular flexibility index (Phi) is 52.0. The largest absolute Gasteiger partial charge is 0.462 e. The molecule has 0 N–H and O–H groups in total. The Balaban J connectivity index is 4.28. The van der Waals surface area contributed by atoms with Crippen molar-refractivity contribution in [2.75, 3.05) is 13.2 Å². The molecule has 0 aliphatic heterocycles. The van der Waals surface area contributed by atoms with E-state index >= 15 is 0 Å². The van der Waals surface area contributed by atoms with E-state index < -0.39 is 6.10 Å². The molecule has 0 aliphatic carbocycles. The highest BCUT2D eigenvalue weighted by atomic mass is 16.6. The fourth-order valence-corrected chi connectivity index (χ4v) is 9.50. The average molecular weight is 962 g/mol. The van der Waals surface area contributed by atoms with E-state index in [1.807, 2.05) is 0 Å². The zero-order chi connectivity index (χ0) is 49.8. The molecule has 6 nitrogen and oxygen atoms in total. The lowest BCUT2D eigenvalue weighted by atomic mass is 9.99. The van der Waals surface area contributed by atoms with Crippen molar-refractivity contribution in [3.05, 3.63) is 0 Å². The maximum atomic E-state index is 12.9. The molecule has 0 heterocycles. The van der Waals surface area contributed by atoms with Crippen LogP contribution in [-0.2, 0) is 28.6 Å². The minimum absolute atomic E-state index is 0.0633. The second kappa shape index (κ2) is 53.2. The van der Waals surface area contributed by atoms with Crippen LogP contribution in [-0.4, -0.2) is 37.2 Å². The molecule has 0 spiro atoms. The van der Waals surface area contributed by atoms with Crippen LogP contribution in [0.25, 0.3) is 0 Å². The summed E-state index contributed by atoms with van der Waals surface area (Å²) in [5, 5.41) is 0. The molecule has 1 unspecified atom stereocenters. The van der Waals surface area contributed by atoms with Crippen LogP contribution in [0.5, 0.6) is 0 Å². The second-order valence-electron chi connectivity index (χ2n) is 22.5. The topological polar surface area (TPSA) is 78.9 Å². The van der Waals surface area contributed by atoms with Crippen molar-refractivity contribution >= 4 is 17.9 Å². The molecule has 0 amide bonds. The van der Waals surface area contributed by atoms with Gasteiger partial charge in [-0.05, 0) is 37.0 Å². The number of carbonyl (C=O) groups excluding carboxylic acids is 3. The van der Waals surface area contributed by atoms with Gasteiger partial charge in [-0.1, -0.05) is 305 Å².